The van der Waals surface area contributed by atoms with Crippen LogP contribution < -0.4 is 0 Å². The Hall–Kier alpha value is -0.900. The summed E-state index contributed by atoms with van der Waals surface area (Å²) < 4.78 is 33.3. The van der Waals surface area contributed by atoms with Crippen LogP contribution in [-0.4, -0.2) is 8.42 Å². The summed E-state index contributed by atoms with van der Waals surface area (Å²) >= 11 is 0. The Balaban J connectivity index is 3.31. The average molecular weight is 174 g/mol. The van der Waals surface area contributed by atoms with Crippen LogP contribution in [0.25, 0.3) is 0 Å². The molecule has 0 amide bonds. The number of benzene rings is 1. The Morgan fingerprint density at radius 1 is 1.36 bits per heavy atom. The van der Waals surface area contributed by atoms with E-state index in [1.54, 1.807) is 6.92 Å². The molecule has 0 aliphatic carbocycles. The van der Waals surface area contributed by atoms with Gasteiger partial charge < -0.3 is 0 Å². The maximum absolute atomic E-state index is 12.4. The zero-order chi connectivity index (χ0) is 8.43. The van der Waals surface area contributed by atoms with Crippen molar-refractivity contribution in [2.75, 3.05) is 0 Å². The topological polar surface area (TPSA) is 34.1 Å². The van der Waals surface area contributed by atoms with Crippen LogP contribution in [-0.2, 0) is 10.7 Å². The SMILES string of the molecule is Cc1cc(F)ccc1[SH](=O)=O. The van der Waals surface area contributed by atoms with E-state index in [9.17, 15) is 12.8 Å². The number of rotatable bonds is 1. The fourth-order valence-corrected chi connectivity index (χ4v) is 1.37. The first-order chi connectivity index (χ1) is 5.11. The minimum absolute atomic E-state index is 0.182. The van der Waals surface area contributed by atoms with Crippen molar-refractivity contribution >= 4 is 10.7 Å². The molecular formula is C7H7FO2S. The molecule has 11 heavy (non-hydrogen) atoms. The summed E-state index contributed by atoms with van der Waals surface area (Å²) in [7, 11) is -2.60. The van der Waals surface area contributed by atoms with E-state index in [1.165, 1.54) is 12.1 Å². The highest BCUT2D eigenvalue weighted by molar-refractivity contribution is 7.72. The normalized spacial score (nSPS) is 10.5. The maximum Gasteiger partial charge on any atom is 0.168 e. The number of aryl methyl sites for hydroxylation is 1. The average Bonchev–Trinajstić information content (AvgIpc) is 1.85. The van der Waals surface area contributed by atoms with E-state index >= 15 is 0 Å². The van der Waals surface area contributed by atoms with Crippen LogP contribution in [0.3, 0.4) is 0 Å². The number of thiol groups is 1. The zero-order valence-electron chi connectivity index (χ0n) is 5.87. The molecule has 1 rings (SSSR count). The molecule has 0 saturated carbocycles. The van der Waals surface area contributed by atoms with Gasteiger partial charge in [0.15, 0.2) is 10.7 Å². The first kappa shape index (κ1) is 8.20. The number of halogens is 1. The lowest BCUT2D eigenvalue weighted by molar-refractivity contribution is 0.610. The van der Waals surface area contributed by atoms with Gasteiger partial charge in [0.25, 0.3) is 0 Å². The summed E-state index contributed by atoms with van der Waals surface area (Å²) in [5.41, 5.74) is 0.445. The van der Waals surface area contributed by atoms with Crippen molar-refractivity contribution in [2.24, 2.45) is 0 Å². The molecule has 4 heteroatoms. The predicted octanol–water partition coefficient (Wildman–Crippen LogP) is 1.10. The highest BCUT2D eigenvalue weighted by Gasteiger charge is 2.00. The van der Waals surface area contributed by atoms with Crippen LogP contribution in [0.1, 0.15) is 5.56 Å². The lowest BCUT2D eigenvalue weighted by Gasteiger charge is -1.95. The number of hydrogen-bond acceptors (Lipinski definition) is 2. The van der Waals surface area contributed by atoms with Gasteiger partial charge in [0.05, 0.1) is 4.90 Å². The third-order valence-electron chi connectivity index (χ3n) is 1.36. The van der Waals surface area contributed by atoms with Gasteiger partial charge in [-0.1, -0.05) is 0 Å². The fourth-order valence-electron chi connectivity index (χ4n) is 0.824. The molecular weight excluding hydrogens is 167 g/mol. The molecule has 1 aromatic carbocycles. The molecule has 0 spiro atoms. The molecule has 0 N–H and O–H groups in total. The Kier molecular flexibility index (Phi) is 2.24. The van der Waals surface area contributed by atoms with Crippen molar-refractivity contribution < 1.29 is 12.8 Å². The Labute approximate surface area is 65.6 Å². The highest BCUT2D eigenvalue weighted by atomic mass is 32.2. The van der Waals surface area contributed by atoms with Crippen molar-refractivity contribution in [2.45, 2.75) is 11.8 Å². The van der Waals surface area contributed by atoms with Crippen LogP contribution in [0.5, 0.6) is 0 Å². The smallest absolute Gasteiger partial charge is 0.168 e. The minimum Gasteiger partial charge on any atom is -0.227 e. The van der Waals surface area contributed by atoms with Gasteiger partial charge in [0.1, 0.15) is 5.82 Å². The van der Waals surface area contributed by atoms with Gasteiger partial charge in [-0.3, -0.25) is 0 Å². The Morgan fingerprint density at radius 2 is 2.00 bits per heavy atom. The molecule has 0 unspecified atom stereocenters. The summed E-state index contributed by atoms with van der Waals surface area (Å²) in [6.07, 6.45) is 0. The van der Waals surface area contributed by atoms with Gasteiger partial charge in [-0.2, -0.15) is 0 Å². The second-order valence-electron chi connectivity index (χ2n) is 2.19. The highest BCUT2D eigenvalue weighted by Crippen LogP contribution is 2.10. The molecule has 0 aromatic heterocycles. The van der Waals surface area contributed by atoms with Crippen LogP contribution in [0, 0.1) is 12.7 Å². The van der Waals surface area contributed by atoms with Gasteiger partial charge in [0.2, 0.25) is 0 Å². The lowest BCUT2D eigenvalue weighted by Crippen LogP contribution is -1.86. The fraction of sp³-hybridized carbons (Fsp3) is 0.143. The van der Waals surface area contributed by atoms with Crippen LogP contribution >= 0.6 is 0 Å². The van der Waals surface area contributed by atoms with Crippen molar-refractivity contribution in [3.8, 4) is 0 Å². The van der Waals surface area contributed by atoms with E-state index in [0.29, 0.717) is 5.56 Å². The lowest BCUT2D eigenvalue weighted by atomic mass is 10.2. The molecule has 1 aromatic rings. The van der Waals surface area contributed by atoms with Gasteiger partial charge in [-0.25, -0.2) is 12.8 Å². The van der Waals surface area contributed by atoms with E-state index in [4.69, 9.17) is 0 Å². The maximum atomic E-state index is 12.4. The molecule has 2 nitrogen and oxygen atoms in total. The second kappa shape index (κ2) is 3.00. The van der Waals surface area contributed by atoms with E-state index in [1.807, 2.05) is 0 Å². The third kappa shape index (κ3) is 1.77. The third-order valence-corrected chi connectivity index (χ3v) is 2.25. The van der Waals surface area contributed by atoms with E-state index in [-0.39, 0.29) is 4.90 Å². The molecule has 0 radical (unpaired) electrons. The largest absolute Gasteiger partial charge is 0.227 e. The second-order valence-corrected chi connectivity index (χ2v) is 3.18. The van der Waals surface area contributed by atoms with Gasteiger partial charge >= 0.3 is 0 Å². The zero-order valence-corrected chi connectivity index (χ0v) is 6.77. The summed E-state index contributed by atoms with van der Waals surface area (Å²) in [5.74, 6) is -0.414. The van der Waals surface area contributed by atoms with Crippen molar-refractivity contribution in [3.05, 3.63) is 29.6 Å². The quantitative estimate of drug-likeness (QED) is 0.647. The molecule has 0 heterocycles. The van der Waals surface area contributed by atoms with E-state index < -0.39 is 16.5 Å². The van der Waals surface area contributed by atoms with Gasteiger partial charge in [-0.15, -0.1) is 0 Å². The molecule has 0 aliphatic rings. The molecule has 0 saturated heterocycles. The molecule has 60 valence electrons. The van der Waals surface area contributed by atoms with Crippen LogP contribution in [0.4, 0.5) is 4.39 Å². The Morgan fingerprint density at radius 3 is 2.45 bits per heavy atom. The van der Waals surface area contributed by atoms with Gasteiger partial charge in [-0.05, 0) is 30.7 Å². The van der Waals surface area contributed by atoms with Gasteiger partial charge in [0, 0.05) is 0 Å². The van der Waals surface area contributed by atoms with E-state index in [2.05, 4.69) is 0 Å². The van der Waals surface area contributed by atoms with Crippen molar-refractivity contribution in [1.29, 1.82) is 0 Å². The molecule has 0 aliphatic heterocycles. The van der Waals surface area contributed by atoms with Crippen LogP contribution in [0.2, 0.25) is 0 Å². The summed E-state index contributed by atoms with van der Waals surface area (Å²) in [4.78, 5) is 0.182. The first-order valence-corrected chi connectivity index (χ1v) is 4.19. The van der Waals surface area contributed by atoms with E-state index in [0.717, 1.165) is 6.07 Å². The molecule has 0 bridgehead atoms. The monoisotopic (exact) mass is 174 g/mol. The summed E-state index contributed by atoms with van der Waals surface area (Å²) in [6.45, 7) is 1.56. The summed E-state index contributed by atoms with van der Waals surface area (Å²) in [6, 6.07) is 3.59. The number of hydrogen-bond donors (Lipinski definition) is 1. The Bertz CT molecular complexity index is 336. The molecule has 0 fully saturated rings. The summed E-state index contributed by atoms with van der Waals surface area (Å²) in [5, 5.41) is 0. The van der Waals surface area contributed by atoms with Crippen molar-refractivity contribution in [1.82, 2.24) is 0 Å². The molecule has 0 atom stereocenters. The standard InChI is InChI=1S/C7H7FO2S/c1-5-4-6(8)2-3-7(5)11(9)10/h2-4,11H,1H3. The first-order valence-electron chi connectivity index (χ1n) is 3.02. The van der Waals surface area contributed by atoms with Crippen LogP contribution in [0.15, 0.2) is 23.1 Å². The van der Waals surface area contributed by atoms with Crippen molar-refractivity contribution in [3.63, 3.8) is 0 Å². The predicted molar refractivity (Wildman–Crippen MR) is 39.7 cm³/mol. The minimum atomic E-state index is -2.60.